The monoisotopic (exact) mass is 532 g/mol. The molecule has 0 radical (unpaired) electrons. The number of rotatable bonds is 1. The Morgan fingerprint density at radius 1 is 0.720 bits per heavy atom. The smallest absolute Gasteiger partial charge is 0.0564 e. The lowest BCUT2D eigenvalue weighted by molar-refractivity contribution is 0.857. The predicted molar refractivity (Wildman–Crippen MR) is 115 cm³/mol. The lowest BCUT2D eigenvalue weighted by Crippen LogP contribution is -2.17. The average molecular weight is 535 g/mol. The maximum absolute atomic E-state index is 4.14. The van der Waals surface area contributed by atoms with E-state index in [0.29, 0.717) is 0 Å². The first kappa shape index (κ1) is 20.8. The van der Waals surface area contributed by atoms with E-state index in [2.05, 4.69) is 74.0 Å². The Labute approximate surface area is 175 Å². The molecule has 2 saturated heterocycles. The predicted octanol–water partition coefficient (Wildman–Crippen LogP) is 5.42. The zero-order valence-electron chi connectivity index (χ0n) is 14.1. The third-order valence-corrected chi connectivity index (χ3v) is 5.09. The summed E-state index contributed by atoms with van der Waals surface area (Å²) >= 11 is 9.96. The van der Waals surface area contributed by atoms with Crippen molar-refractivity contribution in [2.45, 2.75) is 25.7 Å². The number of nitrogens with one attached hydrogen (secondary N) is 1. The number of anilines is 1. The number of halogens is 3. The van der Waals surface area contributed by atoms with Crippen molar-refractivity contribution in [1.29, 1.82) is 0 Å². The van der Waals surface area contributed by atoms with Gasteiger partial charge in [0, 0.05) is 45.1 Å². The summed E-state index contributed by atoms with van der Waals surface area (Å²) in [6.45, 7) is 4.86. The lowest BCUT2D eigenvalue weighted by Gasteiger charge is -2.16. The molecule has 2 aliphatic heterocycles. The fourth-order valence-corrected chi connectivity index (χ4v) is 3.95. The van der Waals surface area contributed by atoms with Gasteiger partial charge in [-0.2, -0.15) is 0 Å². The van der Waals surface area contributed by atoms with E-state index >= 15 is 0 Å². The number of aromatic nitrogens is 2. The summed E-state index contributed by atoms with van der Waals surface area (Å²) in [4.78, 5) is 10.4. The standard InChI is InChI=1S/C9H11BrN2.C5H3Br2N.C4H9N/c10-8-5-9(7-11-6-8)12-3-1-2-4-12;6-4-1-5(7)3-8-2-4;1-2-4-5-3-1/h5-7H,1-4H2;1-3H;5H,1-4H2. The molecule has 0 aliphatic carbocycles. The molecule has 25 heavy (non-hydrogen) atoms. The molecule has 2 aromatic heterocycles. The SMILES string of the molecule is Brc1cncc(Br)c1.Brc1cncc(N2CCCC2)c1.C1CCNC1. The summed E-state index contributed by atoms with van der Waals surface area (Å²) < 4.78 is 3.05. The molecule has 4 rings (SSSR count). The minimum atomic E-state index is 0.992. The molecule has 2 fully saturated rings. The van der Waals surface area contributed by atoms with Crippen molar-refractivity contribution in [3.05, 3.63) is 50.3 Å². The van der Waals surface area contributed by atoms with Crippen molar-refractivity contribution >= 4 is 53.5 Å². The van der Waals surface area contributed by atoms with Crippen LogP contribution in [0.25, 0.3) is 0 Å². The molecule has 0 amide bonds. The molecule has 1 N–H and O–H groups in total. The van der Waals surface area contributed by atoms with Crippen molar-refractivity contribution in [2.75, 3.05) is 31.1 Å². The largest absolute Gasteiger partial charge is 0.370 e. The van der Waals surface area contributed by atoms with Gasteiger partial charge in [0.25, 0.3) is 0 Å². The molecule has 7 heteroatoms. The van der Waals surface area contributed by atoms with Crippen LogP contribution < -0.4 is 10.2 Å². The zero-order chi connectivity index (χ0) is 17.9. The number of hydrogen-bond acceptors (Lipinski definition) is 4. The van der Waals surface area contributed by atoms with Crippen LogP contribution in [-0.4, -0.2) is 36.1 Å². The van der Waals surface area contributed by atoms with Gasteiger partial charge in [-0.1, -0.05) is 0 Å². The van der Waals surface area contributed by atoms with E-state index in [4.69, 9.17) is 0 Å². The van der Waals surface area contributed by atoms with Crippen LogP contribution in [0.4, 0.5) is 5.69 Å². The average Bonchev–Trinajstić information content (AvgIpc) is 3.32. The minimum Gasteiger partial charge on any atom is -0.370 e. The highest BCUT2D eigenvalue weighted by Crippen LogP contribution is 2.21. The molecule has 2 aromatic rings. The van der Waals surface area contributed by atoms with Crippen molar-refractivity contribution in [3.63, 3.8) is 0 Å². The van der Waals surface area contributed by atoms with E-state index in [-0.39, 0.29) is 0 Å². The Balaban J connectivity index is 0.000000149. The second-order valence-electron chi connectivity index (χ2n) is 5.83. The lowest BCUT2D eigenvalue weighted by atomic mass is 10.4. The number of nitrogens with zero attached hydrogens (tertiary/aromatic N) is 3. The second-order valence-corrected chi connectivity index (χ2v) is 8.58. The van der Waals surface area contributed by atoms with Gasteiger partial charge in [0.15, 0.2) is 0 Å². The van der Waals surface area contributed by atoms with Crippen molar-refractivity contribution < 1.29 is 0 Å². The maximum atomic E-state index is 4.14. The summed E-state index contributed by atoms with van der Waals surface area (Å²) in [5.74, 6) is 0. The normalized spacial score (nSPS) is 15.9. The molecule has 0 atom stereocenters. The molecular weight excluding hydrogens is 512 g/mol. The van der Waals surface area contributed by atoms with Gasteiger partial charge in [-0.25, -0.2) is 0 Å². The fraction of sp³-hybridized carbons (Fsp3) is 0.444. The third-order valence-electron chi connectivity index (χ3n) is 3.79. The highest BCUT2D eigenvalue weighted by molar-refractivity contribution is 9.11. The van der Waals surface area contributed by atoms with E-state index in [9.17, 15) is 0 Å². The fourth-order valence-electron chi connectivity index (χ4n) is 2.56. The van der Waals surface area contributed by atoms with Gasteiger partial charge in [0.2, 0.25) is 0 Å². The summed E-state index contributed by atoms with van der Waals surface area (Å²) in [5, 5.41) is 3.22. The molecule has 136 valence electrons. The van der Waals surface area contributed by atoms with E-state index in [1.807, 2.05) is 18.5 Å². The van der Waals surface area contributed by atoms with Crippen LogP contribution in [0.2, 0.25) is 0 Å². The van der Waals surface area contributed by atoms with E-state index in [1.165, 1.54) is 57.5 Å². The molecule has 0 bridgehead atoms. The van der Waals surface area contributed by atoms with Crippen LogP contribution >= 0.6 is 47.8 Å². The Hall–Kier alpha value is -0.500. The van der Waals surface area contributed by atoms with Crippen LogP contribution in [0.15, 0.2) is 50.3 Å². The zero-order valence-corrected chi connectivity index (χ0v) is 18.9. The van der Waals surface area contributed by atoms with E-state index < -0.39 is 0 Å². The molecule has 4 nitrogen and oxygen atoms in total. The van der Waals surface area contributed by atoms with Gasteiger partial charge in [-0.15, -0.1) is 0 Å². The first-order valence-electron chi connectivity index (χ1n) is 8.47. The van der Waals surface area contributed by atoms with Crippen molar-refractivity contribution in [1.82, 2.24) is 15.3 Å². The Bertz CT molecular complexity index is 604. The molecule has 0 saturated carbocycles. The summed E-state index contributed by atoms with van der Waals surface area (Å²) in [6, 6.07) is 4.06. The summed E-state index contributed by atoms with van der Waals surface area (Å²) in [7, 11) is 0. The molecular formula is C18H23Br3N4. The molecule has 2 aliphatic rings. The van der Waals surface area contributed by atoms with Crippen LogP contribution in [-0.2, 0) is 0 Å². The van der Waals surface area contributed by atoms with Gasteiger partial charge >= 0.3 is 0 Å². The number of pyridine rings is 2. The van der Waals surface area contributed by atoms with Gasteiger partial charge < -0.3 is 10.2 Å². The first-order chi connectivity index (χ1) is 12.1. The third kappa shape index (κ3) is 8.62. The van der Waals surface area contributed by atoms with E-state index in [0.717, 1.165) is 13.4 Å². The minimum absolute atomic E-state index is 0.992. The molecule has 0 aromatic carbocycles. The Kier molecular flexibility index (Phi) is 9.98. The topological polar surface area (TPSA) is 41.1 Å². The highest BCUT2D eigenvalue weighted by Gasteiger charge is 2.12. The molecule has 4 heterocycles. The van der Waals surface area contributed by atoms with Crippen LogP contribution in [0, 0.1) is 0 Å². The van der Waals surface area contributed by atoms with Gasteiger partial charge in [0.05, 0.1) is 11.9 Å². The van der Waals surface area contributed by atoms with Crippen molar-refractivity contribution in [2.24, 2.45) is 0 Å². The maximum Gasteiger partial charge on any atom is 0.0564 e. The van der Waals surface area contributed by atoms with Crippen LogP contribution in [0.5, 0.6) is 0 Å². The Morgan fingerprint density at radius 2 is 1.24 bits per heavy atom. The summed E-state index contributed by atoms with van der Waals surface area (Å²) in [5.41, 5.74) is 1.24. The van der Waals surface area contributed by atoms with Gasteiger partial charge in [-0.3, -0.25) is 9.97 Å². The van der Waals surface area contributed by atoms with Crippen LogP contribution in [0.1, 0.15) is 25.7 Å². The molecule has 0 unspecified atom stereocenters. The van der Waals surface area contributed by atoms with Crippen LogP contribution in [0.3, 0.4) is 0 Å². The van der Waals surface area contributed by atoms with E-state index in [1.54, 1.807) is 12.4 Å². The van der Waals surface area contributed by atoms with Gasteiger partial charge in [-0.05, 0) is 98.7 Å². The second kappa shape index (κ2) is 12.0. The number of hydrogen-bond donors (Lipinski definition) is 1. The van der Waals surface area contributed by atoms with Crippen molar-refractivity contribution in [3.8, 4) is 0 Å². The first-order valence-corrected chi connectivity index (χ1v) is 10.9. The quantitative estimate of drug-likeness (QED) is 0.530. The Morgan fingerprint density at radius 3 is 1.64 bits per heavy atom. The molecule has 0 spiro atoms. The van der Waals surface area contributed by atoms with Gasteiger partial charge in [0.1, 0.15) is 0 Å². The summed E-state index contributed by atoms with van der Waals surface area (Å²) in [6.07, 6.45) is 12.6. The highest BCUT2D eigenvalue weighted by atomic mass is 79.9.